The molecule has 0 unspecified atom stereocenters. The summed E-state index contributed by atoms with van der Waals surface area (Å²) < 4.78 is 11.5. The van der Waals surface area contributed by atoms with E-state index in [4.69, 9.17) is 21.1 Å². The summed E-state index contributed by atoms with van der Waals surface area (Å²) in [4.78, 5) is 12.2. The van der Waals surface area contributed by atoms with Gasteiger partial charge in [0.05, 0.1) is 11.4 Å². The predicted octanol–water partition coefficient (Wildman–Crippen LogP) is 3.42. The van der Waals surface area contributed by atoms with Gasteiger partial charge in [-0.2, -0.15) is 0 Å². The highest BCUT2D eigenvalue weighted by Gasteiger charge is 2.39. The molecule has 1 atom stereocenters. The Labute approximate surface area is 152 Å². The Bertz CT molecular complexity index is 557. The van der Waals surface area contributed by atoms with Gasteiger partial charge in [0.15, 0.2) is 0 Å². The third kappa shape index (κ3) is 4.88. The molecular formula is C18H24ClNO3S. The van der Waals surface area contributed by atoms with E-state index in [0.29, 0.717) is 5.75 Å². The lowest BCUT2D eigenvalue weighted by atomic mass is 9.84. The molecule has 2 fully saturated rings. The maximum atomic E-state index is 12.2. The van der Waals surface area contributed by atoms with Gasteiger partial charge in [-0.25, -0.2) is 0 Å². The van der Waals surface area contributed by atoms with Gasteiger partial charge < -0.3 is 14.8 Å². The number of rotatable bonds is 5. The number of amides is 1. The van der Waals surface area contributed by atoms with E-state index in [2.05, 4.69) is 5.32 Å². The molecule has 2 saturated heterocycles. The number of halogens is 1. The summed E-state index contributed by atoms with van der Waals surface area (Å²) in [5.41, 5.74) is 0.989. The van der Waals surface area contributed by atoms with E-state index in [9.17, 15) is 4.79 Å². The average molecular weight is 370 g/mol. The molecule has 2 aliphatic rings. The summed E-state index contributed by atoms with van der Waals surface area (Å²) in [6.07, 6.45) is 3.65. The molecule has 4 nitrogen and oxygen atoms in total. The van der Waals surface area contributed by atoms with Crippen LogP contribution in [0.4, 0.5) is 0 Å². The van der Waals surface area contributed by atoms with Crippen LogP contribution in [0.15, 0.2) is 24.3 Å². The smallest absolute Gasteiger partial charge is 0.230 e. The predicted molar refractivity (Wildman–Crippen MR) is 97.5 cm³/mol. The van der Waals surface area contributed by atoms with Crippen LogP contribution >= 0.6 is 23.4 Å². The Hall–Kier alpha value is -0.750. The van der Waals surface area contributed by atoms with Gasteiger partial charge >= 0.3 is 0 Å². The Morgan fingerprint density at radius 3 is 2.88 bits per heavy atom. The number of hydrogen-bond donors (Lipinski definition) is 1. The van der Waals surface area contributed by atoms with Crippen LogP contribution in [-0.2, 0) is 20.0 Å². The molecule has 0 radical (unpaired) electrons. The first kappa shape index (κ1) is 18.1. The van der Waals surface area contributed by atoms with E-state index in [-0.39, 0.29) is 17.6 Å². The molecule has 0 saturated carbocycles. The summed E-state index contributed by atoms with van der Waals surface area (Å²) in [6.45, 7) is 2.24. The number of thioether (sulfide) groups is 1. The van der Waals surface area contributed by atoms with Gasteiger partial charge in [0.25, 0.3) is 0 Å². The average Bonchev–Trinajstić information content (AvgIpc) is 2.57. The molecule has 1 N–H and O–H groups in total. The third-order valence-corrected chi connectivity index (χ3v) is 6.06. The van der Waals surface area contributed by atoms with Crippen LogP contribution in [0.5, 0.6) is 0 Å². The molecule has 3 rings (SSSR count). The Balaban J connectivity index is 1.42. The zero-order valence-corrected chi connectivity index (χ0v) is 15.3. The van der Waals surface area contributed by atoms with Crippen molar-refractivity contribution in [2.75, 3.05) is 25.6 Å². The molecule has 1 spiro atoms. The van der Waals surface area contributed by atoms with E-state index in [1.807, 2.05) is 24.3 Å². The Morgan fingerprint density at radius 1 is 1.29 bits per heavy atom. The molecule has 1 amide bonds. The van der Waals surface area contributed by atoms with E-state index < -0.39 is 0 Å². The van der Waals surface area contributed by atoms with Gasteiger partial charge in [0.1, 0.15) is 0 Å². The van der Waals surface area contributed by atoms with E-state index in [0.717, 1.165) is 61.8 Å². The van der Waals surface area contributed by atoms with Crippen molar-refractivity contribution in [1.82, 2.24) is 5.32 Å². The highest BCUT2D eigenvalue weighted by atomic mass is 35.5. The fraction of sp³-hybridized carbons (Fsp3) is 0.611. The van der Waals surface area contributed by atoms with Gasteiger partial charge in [-0.05, 0) is 37.3 Å². The second-order valence-corrected chi connectivity index (χ2v) is 7.88. The van der Waals surface area contributed by atoms with Crippen molar-refractivity contribution in [1.29, 1.82) is 0 Å². The molecule has 24 heavy (non-hydrogen) atoms. The van der Waals surface area contributed by atoms with Crippen molar-refractivity contribution in [3.8, 4) is 0 Å². The van der Waals surface area contributed by atoms with Crippen molar-refractivity contribution in [2.45, 2.75) is 43.1 Å². The summed E-state index contributed by atoms with van der Waals surface area (Å²) in [7, 11) is 0. The normalized spacial score (nSPS) is 23.1. The number of benzene rings is 1. The van der Waals surface area contributed by atoms with Crippen molar-refractivity contribution in [3.63, 3.8) is 0 Å². The third-order valence-electron chi connectivity index (χ3n) is 4.71. The molecular weight excluding hydrogens is 346 g/mol. The summed E-state index contributed by atoms with van der Waals surface area (Å²) in [6, 6.07) is 7.98. The monoisotopic (exact) mass is 369 g/mol. The van der Waals surface area contributed by atoms with Crippen LogP contribution in [-0.4, -0.2) is 43.1 Å². The second-order valence-electron chi connectivity index (χ2n) is 6.49. The molecule has 2 aliphatic heterocycles. The fourth-order valence-corrected chi connectivity index (χ4v) is 4.51. The first-order valence-electron chi connectivity index (χ1n) is 8.49. The summed E-state index contributed by atoms with van der Waals surface area (Å²) in [5, 5.41) is 3.94. The zero-order chi connectivity index (χ0) is 16.8. The quantitative estimate of drug-likeness (QED) is 0.863. The van der Waals surface area contributed by atoms with Crippen LogP contribution in [0.25, 0.3) is 0 Å². The lowest BCUT2D eigenvalue weighted by Gasteiger charge is -2.43. The first-order valence-corrected chi connectivity index (χ1v) is 10.0. The Kier molecular flexibility index (Phi) is 6.44. The largest absolute Gasteiger partial charge is 0.381 e. The van der Waals surface area contributed by atoms with Crippen LogP contribution in [0.2, 0.25) is 5.02 Å². The topological polar surface area (TPSA) is 47.6 Å². The fourth-order valence-electron chi connectivity index (χ4n) is 3.38. The van der Waals surface area contributed by atoms with E-state index in [1.165, 1.54) is 0 Å². The molecule has 0 bridgehead atoms. The number of carbonyl (C=O) groups is 1. The molecule has 0 aliphatic carbocycles. The SMILES string of the molecule is O=C(CSCc1ccccc1Cl)N[C@@H]1CCOC2(CCOCC2)C1. The first-order chi connectivity index (χ1) is 11.7. The number of hydrogen-bond acceptors (Lipinski definition) is 4. The van der Waals surface area contributed by atoms with Crippen molar-refractivity contribution < 1.29 is 14.3 Å². The van der Waals surface area contributed by atoms with Crippen molar-refractivity contribution >= 4 is 29.3 Å². The maximum Gasteiger partial charge on any atom is 0.230 e. The van der Waals surface area contributed by atoms with Gasteiger partial charge in [-0.1, -0.05) is 29.8 Å². The van der Waals surface area contributed by atoms with Gasteiger partial charge in [0.2, 0.25) is 5.91 Å². The van der Waals surface area contributed by atoms with Crippen LogP contribution < -0.4 is 5.32 Å². The molecule has 1 aromatic rings. The van der Waals surface area contributed by atoms with Crippen molar-refractivity contribution in [2.24, 2.45) is 0 Å². The van der Waals surface area contributed by atoms with Gasteiger partial charge in [-0.3, -0.25) is 4.79 Å². The minimum atomic E-state index is -0.0842. The minimum Gasteiger partial charge on any atom is -0.381 e. The number of carbonyl (C=O) groups excluding carboxylic acids is 1. The second kappa shape index (κ2) is 8.56. The molecule has 6 heteroatoms. The van der Waals surface area contributed by atoms with Crippen LogP contribution in [0, 0.1) is 0 Å². The molecule has 132 valence electrons. The van der Waals surface area contributed by atoms with Gasteiger partial charge in [-0.15, -0.1) is 11.8 Å². The lowest BCUT2D eigenvalue weighted by Crippen LogP contribution is -2.51. The Morgan fingerprint density at radius 2 is 2.08 bits per heavy atom. The highest BCUT2D eigenvalue weighted by molar-refractivity contribution is 7.99. The minimum absolute atomic E-state index is 0.0842. The summed E-state index contributed by atoms with van der Waals surface area (Å²) in [5.74, 6) is 1.31. The zero-order valence-electron chi connectivity index (χ0n) is 13.8. The van der Waals surface area contributed by atoms with E-state index in [1.54, 1.807) is 11.8 Å². The summed E-state index contributed by atoms with van der Waals surface area (Å²) >= 11 is 7.74. The number of ether oxygens (including phenoxy) is 2. The molecule has 2 heterocycles. The van der Waals surface area contributed by atoms with Gasteiger partial charge in [0, 0.05) is 36.6 Å². The van der Waals surface area contributed by atoms with Crippen molar-refractivity contribution in [3.05, 3.63) is 34.9 Å². The molecule has 1 aromatic carbocycles. The maximum absolute atomic E-state index is 12.2. The van der Waals surface area contributed by atoms with Crippen LogP contribution in [0.3, 0.4) is 0 Å². The highest BCUT2D eigenvalue weighted by Crippen LogP contribution is 2.34. The van der Waals surface area contributed by atoms with Crippen LogP contribution in [0.1, 0.15) is 31.2 Å². The molecule has 0 aromatic heterocycles. The van der Waals surface area contributed by atoms with E-state index >= 15 is 0 Å². The standard InChI is InChI=1S/C18H24ClNO3S/c19-16-4-2-1-3-14(16)12-24-13-17(21)20-15-5-8-23-18(11-15)6-9-22-10-7-18/h1-4,15H,5-13H2,(H,20,21)/t15-/m1/s1. The number of nitrogens with one attached hydrogen (secondary N) is 1. The lowest BCUT2D eigenvalue weighted by molar-refractivity contribution is -0.143.